The van der Waals surface area contributed by atoms with E-state index in [2.05, 4.69) is 33.3 Å². The number of H-pyrrole nitrogens is 1. The Bertz CT molecular complexity index is 875. The molecule has 3 aromatic rings. The molecule has 1 saturated heterocycles. The van der Waals surface area contributed by atoms with Gasteiger partial charge in [-0.1, -0.05) is 0 Å². The first-order chi connectivity index (χ1) is 13.4. The predicted octanol–water partition coefficient (Wildman–Crippen LogP) is 4.43. The van der Waals surface area contributed by atoms with Gasteiger partial charge < -0.3 is 9.72 Å². The van der Waals surface area contributed by atoms with Gasteiger partial charge in [0.1, 0.15) is 5.65 Å². The Hall–Kier alpha value is -1.76. The number of fused-ring (bicyclic) bond motifs is 1. The molecular weight excluding hydrogens is 356 g/mol. The second-order valence-corrected chi connectivity index (χ2v) is 8.63. The van der Waals surface area contributed by atoms with Crippen LogP contribution in [0.5, 0.6) is 0 Å². The van der Waals surface area contributed by atoms with Crippen LogP contribution >= 0.6 is 11.3 Å². The fourth-order valence-electron chi connectivity index (χ4n) is 4.70. The summed E-state index contributed by atoms with van der Waals surface area (Å²) in [5.41, 5.74) is 5.48. The molecule has 142 valence electrons. The highest BCUT2D eigenvalue weighted by Gasteiger charge is 2.27. The van der Waals surface area contributed by atoms with Gasteiger partial charge in [-0.2, -0.15) is 0 Å². The fourth-order valence-corrected chi connectivity index (χ4v) is 5.35. The van der Waals surface area contributed by atoms with Crippen LogP contribution in [0.25, 0.3) is 21.5 Å². The maximum atomic E-state index is 5.62. The molecule has 27 heavy (non-hydrogen) atoms. The first-order valence-corrected chi connectivity index (χ1v) is 10.9. The van der Waals surface area contributed by atoms with Gasteiger partial charge in [-0.15, -0.1) is 11.3 Å². The lowest BCUT2D eigenvalue weighted by molar-refractivity contribution is 0.118. The molecule has 2 aliphatic rings. The lowest BCUT2D eigenvalue weighted by Gasteiger charge is -2.36. The van der Waals surface area contributed by atoms with Crippen molar-refractivity contribution in [3.63, 3.8) is 0 Å². The number of aromatic nitrogens is 3. The number of hydrogen-bond acceptors (Lipinski definition) is 5. The maximum absolute atomic E-state index is 5.62. The van der Waals surface area contributed by atoms with Gasteiger partial charge in [-0.25, -0.2) is 4.98 Å². The van der Waals surface area contributed by atoms with Gasteiger partial charge in [-0.05, 0) is 49.7 Å². The molecule has 2 fully saturated rings. The van der Waals surface area contributed by atoms with E-state index in [-0.39, 0.29) is 0 Å². The van der Waals surface area contributed by atoms with Crippen molar-refractivity contribution in [3.05, 3.63) is 35.7 Å². The summed E-state index contributed by atoms with van der Waals surface area (Å²) in [7, 11) is 0. The zero-order valence-corrected chi connectivity index (χ0v) is 16.4. The number of rotatable bonds is 3. The van der Waals surface area contributed by atoms with Crippen LogP contribution in [0.2, 0.25) is 0 Å². The molecule has 1 aliphatic carbocycles. The van der Waals surface area contributed by atoms with E-state index in [1.807, 2.05) is 11.7 Å². The third-order valence-corrected chi connectivity index (χ3v) is 7.00. The minimum atomic E-state index is 0.630. The molecule has 0 radical (unpaired) electrons. The Morgan fingerprint density at radius 2 is 2.04 bits per heavy atom. The molecule has 5 nitrogen and oxygen atoms in total. The summed E-state index contributed by atoms with van der Waals surface area (Å²) >= 11 is 1.68. The topological polar surface area (TPSA) is 54.0 Å². The standard InChI is InChI=1S/C21H26N4OS/c1-6-25(7-9-26-8-1)17-4-2-15(3-5-17)16-10-18-19(20-13-22-14-27-20)12-24-21(18)23-11-16/h10-15,17H,1-9H2,(H,23,24). The number of thiazole rings is 1. The van der Waals surface area contributed by atoms with Gasteiger partial charge in [0.05, 0.1) is 17.0 Å². The Balaban J connectivity index is 1.32. The van der Waals surface area contributed by atoms with Crippen molar-refractivity contribution >= 4 is 22.4 Å². The molecule has 3 aromatic heterocycles. The Morgan fingerprint density at radius 3 is 2.89 bits per heavy atom. The molecule has 5 rings (SSSR count). The molecule has 0 amide bonds. The van der Waals surface area contributed by atoms with E-state index in [0.29, 0.717) is 5.92 Å². The smallest absolute Gasteiger partial charge is 0.137 e. The molecule has 6 heteroatoms. The van der Waals surface area contributed by atoms with Gasteiger partial charge in [0.15, 0.2) is 0 Å². The van der Waals surface area contributed by atoms with E-state index in [0.717, 1.165) is 31.4 Å². The van der Waals surface area contributed by atoms with Crippen molar-refractivity contribution in [2.24, 2.45) is 0 Å². The van der Waals surface area contributed by atoms with Crippen LogP contribution in [-0.4, -0.2) is 52.2 Å². The summed E-state index contributed by atoms with van der Waals surface area (Å²) in [4.78, 5) is 16.1. The molecule has 1 aliphatic heterocycles. The van der Waals surface area contributed by atoms with E-state index in [9.17, 15) is 0 Å². The van der Waals surface area contributed by atoms with Gasteiger partial charge in [0, 0.05) is 55.3 Å². The van der Waals surface area contributed by atoms with E-state index < -0.39 is 0 Å². The van der Waals surface area contributed by atoms with E-state index in [1.54, 1.807) is 11.3 Å². The van der Waals surface area contributed by atoms with Crippen LogP contribution in [0.3, 0.4) is 0 Å². The maximum Gasteiger partial charge on any atom is 0.137 e. The number of hydrogen-bond donors (Lipinski definition) is 1. The number of nitrogens with zero attached hydrogens (tertiary/aromatic N) is 3. The summed E-state index contributed by atoms with van der Waals surface area (Å²) < 4.78 is 5.62. The SMILES string of the molecule is c1ncc(-c2c[nH]c3ncc(C4CCC(N5CCCOCC5)CC4)cc23)s1. The Labute approximate surface area is 163 Å². The van der Waals surface area contributed by atoms with E-state index in [1.165, 1.54) is 60.0 Å². The normalized spacial score (nSPS) is 24.9. The molecule has 4 heterocycles. The summed E-state index contributed by atoms with van der Waals surface area (Å²) in [6.45, 7) is 4.12. The minimum absolute atomic E-state index is 0.630. The number of pyridine rings is 1. The molecule has 0 aromatic carbocycles. The summed E-state index contributed by atoms with van der Waals surface area (Å²) in [6, 6.07) is 3.10. The predicted molar refractivity (Wildman–Crippen MR) is 109 cm³/mol. The first-order valence-electron chi connectivity index (χ1n) is 10.1. The number of aromatic amines is 1. The van der Waals surface area contributed by atoms with E-state index >= 15 is 0 Å². The lowest BCUT2D eigenvalue weighted by atomic mass is 9.81. The van der Waals surface area contributed by atoms with Crippen molar-refractivity contribution in [1.29, 1.82) is 0 Å². The summed E-state index contributed by atoms with van der Waals surface area (Å²) in [5.74, 6) is 0.630. The summed E-state index contributed by atoms with van der Waals surface area (Å²) in [6.07, 6.45) is 12.4. The fraction of sp³-hybridized carbons (Fsp3) is 0.524. The average molecular weight is 383 g/mol. The average Bonchev–Trinajstić information content (AvgIpc) is 3.30. The van der Waals surface area contributed by atoms with Crippen LogP contribution in [0, 0.1) is 0 Å². The highest BCUT2D eigenvalue weighted by atomic mass is 32.1. The van der Waals surface area contributed by atoms with Crippen LogP contribution in [0.15, 0.2) is 30.2 Å². The van der Waals surface area contributed by atoms with Crippen molar-refractivity contribution in [2.75, 3.05) is 26.3 Å². The summed E-state index contributed by atoms with van der Waals surface area (Å²) in [5, 5.41) is 1.23. The van der Waals surface area contributed by atoms with Crippen molar-refractivity contribution in [2.45, 2.75) is 44.1 Å². The monoisotopic (exact) mass is 382 g/mol. The third kappa shape index (κ3) is 3.53. The molecule has 0 bridgehead atoms. The minimum Gasteiger partial charge on any atom is -0.380 e. The Morgan fingerprint density at radius 1 is 1.11 bits per heavy atom. The zero-order chi connectivity index (χ0) is 18.1. The van der Waals surface area contributed by atoms with Gasteiger partial charge in [-0.3, -0.25) is 9.88 Å². The van der Waals surface area contributed by atoms with Gasteiger partial charge in [0.2, 0.25) is 0 Å². The molecule has 1 saturated carbocycles. The van der Waals surface area contributed by atoms with Crippen molar-refractivity contribution < 1.29 is 4.74 Å². The molecule has 0 spiro atoms. The van der Waals surface area contributed by atoms with Crippen LogP contribution in [0.1, 0.15) is 43.6 Å². The lowest BCUT2D eigenvalue weighted by Crippen LogP contribution is -2.39. The molecule has 0 unspecified atom stereocenters. The highest BCUT2D eigenvalue weighted by Crippen LogP contribution is 2.37. The van der Waals surface area contributed by atoms with Gasteiger partial charge >= 0.3 is 0 Å². The van der Waals surface area contributed by atoms with Crippen molar-refractivity contribution in [3.8, 4) is 10.4 Å². The number of ether oxygens (including phenoxy) is 1. The first kappa shape index (κ1) is 17.3. The highest BCUT2D eigenvalue weighted by molar-refractivity contribution is 7.13. The second kappa shape index (κ2) is 7.70. The third-order valence-electron chi connectivity index (χ3n) is 6.19. The van der Waals surface area contributed by atoms with Crippen LogP contribution < -0.4 is 0 Å². The van der Waals surface area contributed by atoms with Crippen LogP contribution in [-0.2, 0) is 4.74 Å². The molecule has 1 N–H and O–H groups in total. The second-order valence-electron chi connectivity index (χ2n) is 7.74. The Kier molecular flexibility index (Phi) is 4.95. The van der Waals surface area contributed by atoms with Crippen molar-refractivity contribution in [1.82, 2.24) is 19.9 Å². The molecular formula is C21H26N4OS. The zero-order valence-electron chi connectivity index (χ0n) is 15.6. The van der Waals surface area contributed by atoms with Crippen LogP contribution in [0.4, 0.5) is 0 Å². The number of nitrogens with one attached hydrogen (secondary N) is 1. The largest absolute Gasteiger partial charge is 0.380 e. The van der Waals surface area contributed by atoms with Gasteiger partial charge in [0.25, 0.3) is 0 Å². The quantitative estimate of drug-likeness (QED) is 0.728. The van der Waals surface area contributed by atoms with E-state index in [4.69, 9.17) is 9.72 Å². The molecule has 0 atom stereocenters.